The number of benzene rings is 1. The zero-order valence-electron chi connectivity index (χ0n) is 12.5. The quantitative estimate of drug-likeness (QED) is 0.838. The Kier molecular flexibility index (Phi) is 3.72. The number of morpholine rings is 1. The molecule has 0 spiro atoms. The van der Waals surface area contributed by atoms with Crippen LogP contribution < -0.4 is 0 Å². The number of nitrogens with zero attached hydrogens (tertiary/aromatic N) is 2. The van der Waals surface area contributed by atoms with Crippen molar-refractivity contribution in [1.82, 2.24) is 9.88 Å². The zero-order chi connectivity index (χ0) is 14.1. The molecule has 2 atom stereocenters. The summed E-state index contributed by atoms with van der Waals surface area (Å²) in [6.07, 6.45) is 2.65. The molecule has 2 unspecified atom stereocenters. The van der Waals surface area contributed by atoms with Gasteiger partial charge in [-0.05, 0) is 31.7 Å². The molecular weight excluding hydrogens is 248 g/mol. The largest absolute Gasteiger partial charge is 0.373 e. The first-order valence-corrected chi connectivity index (χ1v) is 7.34. The van der Waals surface area contributed by atoms with Crippen LogP contribution in [0.1, 0.15) is 25.1 Å². The lowest BCUT2D eigenvalue weighted by molar-refractivity contribution is -0.0704. The highest BCUT2D eigenvalue weighted by atomic mass is 16.5. The van der Waals surface area contributed by atoms with Gasteiger partial charge in [0.05, 0.1) is 12.2 Å². The molecule has 0 N–H and O–H groups in total. The molecule has 1 aliphatic heterocycles. The van der Waals surface area contributed by atoms with Gasteiger partial charge in [-0.3, -0.25) is 9.88 Å². The van der Waals surface area contributed by atoms with Gasteiger partial charge in [0.2, 0.25) is 0 Å². The van der Waals surface area contributed by atoms with Crippen molar-refractivity contribution >= 4 is 10.8 Å². The van der Waals surface area contributed by atoms with Crippen molar-refractivity contribution in [2.24, 2.45) is 0 Å². The van der Waals surface area contributed by atoms with E-state index < -0.39 is 0 Å². The first-order chi connectivity index (χ1) is 9.63. The molecule has 1 aromatic carbocycles. The van der Waals surface area contributed by atoms with Gasteiger partial charge in [0.1, 0.15) is 0 Å². The Balaban J connectivity index is 1.89. The number of hydrogen-bond donors (Lipinski definition) is 0. The van der Waals surface area contributed by atoms with Crippen LogP contribution in [0.3, 0.4) is 0 Å². The molecule has 3 nitrogen and oxygen atoms in total. The molecule has 106 valence electrons. The standard InChI is InChI=1S/C17H22N2O/c1-12-9-19(10-13(2)20-12)11-15-8-18-14(3)16-6-4-5-7-17(15)16/h4-8,12-13H,9-11H2,1-3H3. The topological polar surface area (TPSA) is 25.4 Å². The van der Waals surface area contributed by atoms with Crippen LogP contribution in [0.5, 0.6) is 0 Å². The van der Waals surface area contributed by atoms with E-state index in [-0.39, 0.29) is 0 Å². The number of rotatable bonds is 2. The SMILES string of the molecule is Cc1ncc(CN2CC(C)OC(C)C2)c2ccccc12. The Hall–Kier alpha value is -1.45. The van der Waals surface area contributed by atoms with E-state index in [1.54, 1.807) is 0 Å². The Morgan fingerprint density at radius 2 is 1.80 bits per heavy atom. The van der Waals surface area contributed by atoms with Gasteiger partial charge in [0, 0.05) is 36.9 Å². The van der Waals surface area contributed by atoms with Crippen molar-refractivity contribution in [3.8, 4) is 0 Å². The summed E-state index contributed by atoms with van der Waals surface area (Å²) >= 11 is 0. The molecule has 0 radical (unpaired) electrons. The van der Waals surface area contributed by atoms with Crippen LogP contribution >= 0.6 is 0 Å². The van der Waals surface area contributed by atoms with Gasteiger partial charge in [-0.2, -0.15) is 0 Å². The number of aryl methyl sites for hydroxylation is 1. The van der Waals surface area contributed by atoms with Gasteiger partial charge < -0.3 is 4.74 Å². The first-order valence-electron chi connectivity index (χ1n) is 7.34. The van der Waals surface area contributed by atoms with E-state index in [1.807, 2.05) is 6.20 Å². The average molecular weight is 270 g/mol. The van der Waals surface area contributed by atoms with Gasteiger partial charge in [-0.25, -0.2) is 0 Å². The third-order valence-electron chi connectivity index (χ3n) is 3.97. The fourth-order valence-corrected chi connectivity index (χ4v) is 3.17. The zero-order valence-corrected chi connectivity index (χ0v) is 12.5. The normalized spacial score (nSPS) is 24.1. The summed E-state index contributed by atoms with van der Waals surface area (Å²) in [5.41, 5.74) is 2.42. The van der Waals surface area contributed by atoms with E-state index in [9.17, 15) is 0 Å². The van der Waals surface area contributed by atoms with E-state index in [2.05, 4.69) is 54.9 Å². The van der Waals surface area contributed by atoms with E-state index >= 15 is 0 Å². The van der Waals surface area contributed by atoms with Crippen LogP contribution in [-0.4, -0.2) is 35.2 Å². The van der Waals surface area contributed by atoms with E-state index in [0.29, 0.717) is 12.2 Å². The van der Waals surface area contributed by atoms with Crippen LogP contribution in [0.25, 0.3) is 10.8 Å². The Bertz CT molecular complexity index is 601. The molecule has 3 rings (SSSR count). The fourth-order valence-electron chi connectivity index (χ4n) is 3.17. The number of fused-ring (bicyclic) bond motifs is 1. The highest BCUT2D eigenvalue weighted by Gasteiger charge is 2.22. The lowest BCUT2D eigenvalue weighted by Gasteiger charge is -2.35. The summed E-state index contributed by atoms with van der Waals surface area (Å²) < 4.78 is 5.80. The van der Waals surface area contributed by atoms with Gasteiger partial charge in [0.25, 0.3) is 0 Å². The van der Waals surface area contributed by atoms with Crippen LogP contribution in [0.2, 0.25) is 0 Å². The van der Waals surface area contributed by atoms with Gasteiger partial charge in [0.15, 0.2) is 0 Å². The Morgan fingerprint density at radius 3 is 2.50 bits per heavy atom. The predicted octanol–water partition coefficient (Wildman–Crippen LogP) is 3.15. The van der Waals surface area contributed by atoms with Crippen molar-refractivity contribution in [2.45, 2.75) is 39.5 Å². The maximum atomic E-state index is 5.80. The van der Waals surface area contributed by atoms with Gasteiger partial charge in [-0.1, -0.05) is 24.3 Å². The van der Waals surface area contributed by atoms with Crippen molar-refractivity contribution in [1.29, 1.82) is 0 Å². The van der Waals surface area contributed by atoms with Gasteiger partial charge in [-0.15, -0.1) is 0 Å². The predicted molar refractivity (Wildman–Crippen MR) is 81.8 cm³/mol. The lowest BCUT2D eigenvalue weighted by Crippen LogP contribution is -2.44. The number of pyridine rings is 1. The van der Waals surface area contributed by atoms with Gasteiger partial charge >= 0.3 is 0 Å². The third kappa shape index (κ3) is 2.69. The van der Waals surface area contributed by atoms with Crippen LogP contribution in [0.15, 0.2) is 30.5 Å². The molecule has 0 bridgehead atoms. The number of hydrogen-bond acceptors (Lipinski definition) is 3. The van der Waals surface area contributed by atoms with Crippen LogP contribution in [0, 0.1) is 6.92 Å². The Morgan fingerprint density at radius 1 is 1.15 bits per heavy atom. The van der Waals surface area contributed by atoms with Crippen molar-refractivity contribution < 1.29 is 4.74 Å². The molecular formula is C17H22N2O. The minimum Gasteiger partial charge on any atom is -0.373 e. The molecule has 20 heavy (non-hydrogen) atoms. The van der Waals surface area contributed by atoms with Crippen LogP contribution in [0.4, 0.5) is 0 Å². The lowest BCUT2D eigenvalue weighted by atomic mass is 10.0. The maximum absolute atomic E-state index is 5.80. The van der Waals surface area contributed by atoms with Crippen molar-refractivity contribution in [3.63, 3.8) is 0 Å². The minimum atomic E-state index is 0.309. The van der Waals surface area contributed by atoms with Crippen molar-refractivity contribution in [3.05, 3.63) is 41.7 Å². The first kappa shape index (κ1) is 13.5. The molecule has 0 aliphatic carbocycles. The summed E-state index contributed by atoms with van der Waals surface area (Å²) in [5.74, 6) is 0. The molecule has 1 aromatic heterocycles. The molecule has 3 heteroatoms. The van der Waals surface area contributed by atoms with E-state index in [0.717, 1.165) is 25.3 Å². The van der Waals surface area contributed by atoms with E-state index in [4.69, 9.17) is 4.74 Å². The summed E-state index contributed by atoms with van der Waals surface area (Å²) in [6, 6.07) is 8.55. The highest BCUT2D eigenvalue weighted by molar-refractivity contribution is 5.87. The molecule has 1 fully saturated rings. The summed E-state index contributed by atoms with van der Waals surface area (Å²) in [7, 11) is 0. The monoisotopic (exact) mass is 270 g/mol. The van der Waals surface area contributed by atoms with Crippen molar-refractivity contribution in [2.75, 3.05) is 13.1 Å². The summed E-state index contributed by atoms with van der Waals surface area (Å²) in [6.45, 7) is 9.30. The molecule has 1 saturated heterocycles. The smallest absolute Gasteiger partial charge is 0.0678 e. The molecule has 0 amide bonds. The summed E-state index contributed by atoms with van der Waals surface area (Å²) in [4.78, 5) is 7.02. The van der Waals surface area contributed by atoms with Crippen LogP contribution in [-0.2, 0) is 11.3 Å². The number of aromatic nitrogens is 1. The molecule has 0 saturated carbocycles. The second-order valence-corrected chi connectivity index (χ2v) is 5.87. The molecule has 1 aliphatic rings. The third-order valence-corrected chi connectivity index (χ3v) is 3.97. The number of ether oxygens (including phenoxy) is 1. The fraction of sp³-hybridized carbons (Fsp3) is 0.471. The maximum Gasteiger partial charge on any atom is 0.0678 e. The molecule has 2 heterocycles. The molecule has 2 aromatic rings. The average Bonchev–Trinajstić information content (AvgIpc) is 2.41. The Labute approximate surface area is 120 Å². The second kappa shape index (κ2) is 5.51. The minimum absolute atomic E-state index is 0.309. The highest BCUT2D eigenvalue weighted by Crippen LogP contribution is 2.23. The summed E-state index contributed by atoms with van der Waals surface area (Å²) in [5, 5.41) is 2.59. The second-order valence-electron chi connectivity index (χ2n) is 5.87. The van der Waals surface area contributed by atoms with E-state index in [1.165, 1.54) is 16.3 Å².